The SMILES string of the molecule is O=C(Cc1ccc(F)cc1)C1CCNc2ccccc21. The van der Waals surface area contributed by atoms with Crippen LogP contribution in [0.3, 0.4) is 0 Å². The zero-order chi connectivity index (χ0) is 13.9. The largest absolute Gasteiger partial charge is 0.385 e. The normalized spacial score (nSPS) is 17.1. The van der Waals surface area contributed by atoms with Gasteiger partial charge in [0.1, 0.15) is 11.6 Å². The van der Waals surface area contributed by atoms with E-state index in [2.05, 4.69) is 5.32 Å². The summed E-state index contributed by atoms with van der Waals surface area (Å²) >= 11 is 0. The first kappa shape index (κ1) is 12.9. The molecule has 102 valence electrons. The Labute approximate surface area is 117 Å². The smallest absolute Gasteiger partial charge is 0.144 e. The predicted molar refractivity (Wildman–Crippen MR) is 77.4 cm³/mol. The highest BCUT2D eigenvalue weighted by molar-refractivity contribution is 5.89. The first-order valence-corrected chi connectivity index (χ1v) is 6.84. The Morgan fingerprint density at radius 3 is 2.70 bits per heavy atom. The summed E-state index contributed by atoms with van der Waals surface area (Å²) in [5.74, 6) is -0.128. The number of Topliss-reactive ketones (excluding diaryl/α,β-unsaturated/α-hetero) is 1. The third kappa shape index (κ3) is 2.57. The van der Waals surface area contributed by atoms with Crippen molar-refractivity contribution in [2.75, 3.05) is 11.9 Å². The molecule has 0 bridgehead atoms. The summed E-state index contributed by atoms with van der Waals surface area (Å²) in [6.45, 7) is 0.816. The Hall–Kier alpha value is -2.16. The molecular weight excluding hydrogens is 253 g/mol. The van der Waals surface area contributed by atoms with Crippen LogP contribution >= 0.6 is 0 Å². The van der Waals surface area contributed by atoms with E-state index in [4.69, 9.17) is 0 Å². The van der Waals surface area contributed by atoms with Crippen LogP contribution in [-0.4, -0.2) is 12.3 Å². The highest BCUT2D eigenvalue weighted by Gasteiger charge is 2.25. The highest BCUT2D eigenvalue weighted by Crippen LogP contribution is 2.32. The molecule has 3 rings (SSSR count). The molecule has 0 aromatic heterocycles. The molecule has 0 aliphatic carbocycles. The molecule has 2 aromatic rings. The van der Waals surface area contributed by atoms with Crippen LogP contribution in [0.2, 0.25) is 0 Å². The number of nitrogens with one attached hydrogen (secondary N) is 1. The van der Waals surface area contributed by atoms with E-state index < -0.39 is 0 Å². The minimum atomic E-state index is -0.270. The van der Waals surface area contributed by atoms with E-state index in [1.807, 2.05) is 24.3 Å². The minimum Gasteiger partial charge on any atom is -0.385 e. The first-order valence-electron chi connectivity index (χ1n) is 6.84. The topological polar surface area (TPSA) is 29.1 Å². The maximum absolute atomic E-state index is 12.9. The summed E-state index contributed by atoms with van der Waals surface area (Å²) in [5, 5.41) is 3.32. The lowest BCUT2D eigenvalue weighted by molar-refractivity contribution is -0.120. The molecule has 1 N–H and O–H groups in total. The molecule has 1 heterocycles. The third-order valence-electron chi connectivity index (χ3n) is 3.76. The fraction of sp³-hybridized carbons (Fsp3) is 0.235. The van der Waals surface area contributed by atoms with Crippen molar-refractivity contribution in [3.8, 4) is 0 Å². The van der Waals surface area contributed by atoms with Crippen molar-refractivity contribution in [3.63, 3.8) is 0 Å². The van der Waals surface area contributed by atoms with Gasteiger partial charge in [-0.15, -0.1) is 0 Å². The van der Waals surface area contributed by atoms with Crippen molar-refractivity contribution in [3.05, 3.63) is 65.5 Å². The molecule has 20 heavy (non-hydrogen) atoms. The highest BCUT2D eigenvalue weighted by atomic mass is 19.1. The second-order valence-corrected chi connectivity index (χ2v) is 5.12. The van der Waals surface area contributed by atoms with Crippen molar-refractivity contribution in [2.24, 2.45) is 0 Å². The van der Waals surface area contributed by atoms with Gasteiger partial charge in [-0.05, 0) is 35.7 Å². The van der Waals surface area contributed by atoms with E-state index in [0.29, 0.717) is 6.42 Å². The molecule has 2 nitrogen and oxygen atoms in total. The van der Waals surface area contributed by atoms with Crippen molar-refractivity contribution < 1.29 is 9.18 Å². The first-order chi connectivity index (χ1) is 9.74. The van der Waals surface area contributed by atoms with Gasteiger partial charge in [-0.1, -0.05) is 30.3 Å². The van der Waals surface area contributed by atoms with Crippen LogP contribution in [0.4, 0.5) is 10.1 Å². The molecule has 1 unspecified atom stereocenters. The van der Waals surface area contributed by atoms with Gasteiger partial charge in [0.15, 0.2) is 0 Å². The molecule has 2 aromatic carbocycles. The maximum Gasteiger partial charge on any atom is 0.144 e. The fourth-order valence-electron chi connectivity index (χ4n) is 2.73. The molecule has 0 fully saturated rings. The van der Waals surface area contributed by atoms with Gasteiger partial charge in [0, 0.05) is 24.6 Å². The van der Waals surface area contributed by atoms with Crippen LogP contribution in [0.15, 0.2) is 48.5 Å². The number of rotatable bonds is 3. The molecule has 3 heteroatoms. The maximum atomic E-state index is 12.9. The predicted octanol–water partition coefficient (Wildman–Crippen LogP) is 3.54. The molecular formula is C17H16FNO. The minimum absolute atomic E-state index is 0.0579. The number of halogens is 1. The zero-order valence-electron chi connectivity index (χ0n) is 11.1. The number of carbonyl (C=O) groups is 1. The van der Waals surface area contributed by atoms with Crippen LogP contribution in [0.25, 0.3) is 0 Å². The number of para-hydroxylation sites is 1. The molecule has 1 aliphatic rings. The summed E-state index contributed by atoms with van der Waals surface area (Å²) < 4.78 is 12.9. The lowest BCUT2D eigenvalue weighted by Gasteiger charge is -2.25. The van der Waals surface area contributed by atoms with Gasteiger partial charge in [0.2, 0.25) is 0 Å². The Kier molecular flexibility index (Phi) is 3.50. The Morgan fingerprint density at radius 1 is 1.15 bits per heavy atom. The molecule has 0 saturated carbocycles. The summed E-state index contributed by atoms with van der Waals surface area (Å²) in [5.41, 5.74) is 2.99. The van der Waals surface area contributed by atoms with E-state index in [1.165, 1.54) is 12.1 Å². The number of ketones is 1. The Bertz CT molecular complexity index is 621. The molecule has 0 saturated heterocycles. The van der Waals surface area contributed by atoms with Gasteiger partial charge in [0.05, 0.1) is 0 Å². The summed E-state index contributed by atoms with van der Waals surface area (Å²) in [7, 11) is 0. The number of hydrogen-bond donors (Lipinski definition) is 1. The number of carbonyl (C=O) groups excluding carboxylic acids is 1. The summed E-state index contributed by atoms with van der Waals surface area (Å²) in [6.07, 6.45) is 1.18. The number of hydrogen-bond acceptors (Lipinski definition) is 2. The van der Waals surface area contributed by atoms with E-state index >= 15 is 0 Å². The van der Waals surface area contributed by atoms with E-state index in [9.17, 15) is 9.18 Å². The van der Waals surface area contributed by atoms with Gasteiger partial charge in [-0.2, -0.15) is 0 Å². The average molecular weight is 269 g/mol. The van der Waals surface area contributed by atoms with Gasteiger partial charge < -0.3 is 5.32 Å². The van der Waals surface area contributed by atoms with Crippen LogP contribution in [0.1, 0.15) is 23.5 Å². The number of benzene rings is 2. The molecule has 1 atom stereocenters. The molecule has 0 radical (unpaired) electrons. The standard InChI is InChI=1S/C17H16FNO/c18-13-7-5-12(6-8-13)11-17(20)15-9-10-19-16-4-2-1-3-14(15)16/h1-8,15,19H,9-11H2. The molecule has 1 aliphatic heterocycles. The zero-order valence-corrected chi connectivity index (χ0v) is 11.1. The van der Waals surface area contributed by atoms with Crippen LogP contribution < -0.4 is 5.32 Å². The number of anilines is 1. The second kappa shape index (κ2) is 5.45. The summed E-state index contributed by atoms with van der Waals surface area (Å²) in [6, 6.07) is 14.1. The van der Waals surface area contributed by atoms with Crippen LogP contribution in [0.5, 0.6) is 0 Å². The van der Waals surface area contributed by atoms with E-state index in [0.717, 1.165) is 29.8 Å². The van der Waals surface area contributed by atoms with Crippen LogP contribution in [0, 0.1) is 5.82 Å². The molecule has 0 spiro atoms. The second-order valence-electron chi connectivity index (χ2n) is 5.12. The quantitative estimate of drug-likeness (QED) is 0.923. The van der Waals surface area contributed by atoms with Crippen molar-refractivity contribution in [2.45, 2.75) is 18.8 Å². The van der Waals surface area contributed by atoms with Crippen molar-refractivity contribution in [1.29, 1.82) is 0 Å². The van der Waals surface area contributed by atoms with Gasteiger partial charge in [-0.25, -0.2) is 4.39 Å². The summed E-state index contributed by atoms with van der Waals surface area (Å²) in [4.78, 5) is 12.5. The monoisotopic (exact) mass is 269 g/mol. The van der Waals surface area contributed by atoms with Crippen LogP contribution in [-0.2, 0) is 11.2 Å². The van der Waals surface area contributed by atoms with Crippen molar-refractivity contribution >= 4 is 11.5 Å². The van der Waals surface area contributed by atoms with Crippen molar-refractivity contribution in [1.82, 2.24) is 0 Å². The van der Waals surface area contributed by atoms with E-state index in [-0.39, 0.29) is 17.5 Å². The van der Waals surface area contributed by atoms with E-state index in [1.54, 1.807) is 12.1 Å². The lowest BCUT2D eigenvalue weighted by Crippen LogP contribution is -2.24. The van der Waals surface area contributed by atoms with Gasteiger partial charge in [-0.3, -0.25) is 4.79 Å². The Balaban J connectivity index is 1.80. The number of fused-ring (bicyclic) bond motifs is 1. The van der Waals surface area contributed by atoms with Gasteiger partial charge in [0.25, 0.3) is 0 Å². The Morgan fingerprint density at radius 2 is 1.90 bits per heavy atom. The van der Waals surface area contributed by atoms with Gasteiger partial charge >= 0.3 is 0 Å². The average Bonchev–Trinajstić information content (AvgIpc) is 2.49. The third-order valence-corrected chi connectivity index (χ3v) is 3.76. The lowest BCUT2D eigenvalue weighted by atomic mass is 9.85. The fourth-order valence-corrected chi connectivity index (χ4v) is 2.73. The molecule has 0 amide bonds.